The maximum absolute atomic E-state index is 11.8. The van der Waals surface area contributed by atoms with Gasteiger partial charge in [0.2, 0.25) is 5.72 Å². The van der Waals surface area contributed by atoms with Crippen molar-refractivity contribution in [2.75, 3.05) is 4.90 Å². The van der Waals surface area contributed by atoms with E-state index in [1.165, 1.54) is 0 Å². The summed E-state index contributed by atoms with van der Waals surface area (Å²) in [5.74, 6) is 0.814. The molecule has 4 aromatic rings. The fraction of sp³-hybridized carbons (Fsp3) is 0.172. The Kier molecular flexibility index (Phi) is 4.33. The second-order valence-electron chi connectivity index (χ2n) is 9.44. The van der Waals surface area contributed by atoms with E-state index >= 15 is 0 Å². The first kappa shape index (κ1) is 20.5. The number of nitrogens with zero attached hydrogens (tertiary/aromatic N) is 2. The average Bonchev–Trinajstić information content (AvgIpc) is 3.03. The summed E-state index contributed by atoms with van der Waals surface area (Å²) in [6.45, 7) is 4.72. The first-order valence-corrected chi connectivity index (χ1v) is 11.4. The Morgan fingerprint density at radius 1 is 0.912 bits per heavy atom. The van der Waals surface area contributed by atoms with Gasteiger partial charge in [-0.1, -0.05) is 66.7 Å². The minimum absolute atomic E-state index is 0.117. The molecule has 0 bridgehead atoms. The van der Waals surface area contributed by atoms with Crippen molar-refractivity contribution >= 4 is 28.2 Å². The van der Waals surface area contributed by atoms with E-state index in [9.17, 15) is 10.1 Å². The van der Waals surface area contributed by atoms with Gasteiger partial charge in [0.1, 0.15) is 5.75 Å². The molecule has 1 atom stereocenters. The van der Waals surface area contributed by atoms with Gasteiger partial charge in [-0.05, 0) is 54.5 Å². The van der Waals surface area contributed by atoms with Gasteiger partial charge in [-0.3, -0.25) is 10.1 Å². The molecule has 0 saturated heterocycles. The molecule has 6 rings (SSSR count). The number of hydrogen-bond acceptors (Lipinski definition) is 4. The van der Waals surface area contributed by atoms with E-state index in [1.807, 2.05) is 42.5 Å². The van der Waals surface area contributed by atoms with Gasteiger partial charge in [0.25, 0.3) is 5.69 Å². The van der Waals surface area contributed by atoms with Crippen LogP contribution in [0.4, 0.5) is 11.4 Å². The summed E-state index contributed by atoms with van der Waals surface area (Å²) in [5.41, 5.74) is 2.76. The maximum Gasteiger partial charge on any atom is 0.274 e. The third-order valence-electron chi connectivity index (χ3n) is 7.35. The van der Waals surface area contributed by atoms with Crippen LogP contribution in [-0.2, 0) is 12.0 Å². The largest absolute Gasteiger partial charge is 0.463 e. The minimum Gasteiger partial charge on any atom is -0.463 e. The van der Waals surface area contributed by atoms with Crippen molar-refractivity contribution in [2.24, 2.45) is 0 Å². The van der Waals surface area contributed by atoms with Crippen molar-refractivity contribution in [3.05, 3.63) is 118 Å². The zero-order valence-electron chi connectivity index (χ0n) is 19.1. The van der Waals surface area contributed by atoms with Crippen molar-refractivity contribution in [2.45, 2.75) is 31.5 Å². The van der Waals surface area contributed by atoms with Crippen molar-refractivity contribution in [1.82, 2.24) is 0 Å². The molecule has 2 aliphatic heterocycles. The number of para-hydroxylation sites is 2. The Morgan fingerprint density at radius 2 is 1.65 bits per heavy atom. The van der Waals surface area contributed by atoms with Gasteiger partial charge in [0, 0.05) is 22.9 Å². The third-order valence-corrected chi connectivity index (χ3v) is 7.35. The van der Waals surface area contributed by atoms with Crippen LogP contribution in [-0.4, -0.2) is 10.6 Å². The second kappa shape index (κ2) is 7.19. The van der Waals surface area contributed by atoms with Crippen molar-refractivity contribution < 1.29 is 9.66 Å². The van der Waals surface area contributed by atoms with Gasteiger partial charge < -0.3 is 9.64 Å². The minimum atomic E-state index is -0.837. The number of nitro benzene ring substituents is 1. The van der Waals surface area contributed by atoms with Crippen LogP contribution in [0.1, 0.15) is 30.5 Å². The van der Waals surface area contributed by atoms with Gasteiger partial charge in [0.15, 0.2) is 0 Å². The highest BCUT2D eigenvalue weighted by Crippen LogP contribution is 2.56. The number of fused-ring (bicyclic) bond motifs is 4. The maximum atomic E-state index is 11.8. The summed E-state index contributed by atoms with van der Waals surface area (Å²) in [4.78, 5) is 13.6. The summed E-state index contributed by atoms with van der Waals surface area (Å²) in [6, 6.07) is 27.6. The zero-order chi connectivity index (χ0) is 23.5. The van der Waals surface area contributed by atoms with E-state index in [1.54, 1.807) is 12.1 Å². The molecule has 2 heterocycles. The van der Waals surface area contributed by atoms with Crippen LogP contribution in [0.5, 0.6) is 5.75 Å². The quantitative estimate of drug-likeness (QED) is 0.254. The normalized spacial score (nSPS) is 19.6. The highest BCUT2D eigenvalue weighted by molar-refractivity contribution is 5.94. The molecule has 4 aromatic carbocycles. The molecule has 5 nitrogen and oxygen atoms in total. The molecule has 0 radical (unpaired) electrons. The predicted molar refractivity (Wildman–Crippen MR) is 135 cm³/mol. The standard InChI is InChI=1S/C29H24N2O3/c1-28(2)24-12-6-8-14-26(24)30(19-21-10-4-7-13-25(21)31(32)33)29(28)18-17-23-22-11-5-3-9-20(22)15-16-27(23)34-29/h3-18H,19H2,1-2H3. The Morgan fingerprint density at radius 3 is 2.50 bits per heavy atom. The fourth-order valence-electron chi connectivity index (χ4n) is 5.56. The Balaban J connectivity index is 1.54. The molecule has 0 amide bonds. The fourth-order valence-corrected chi connectivity index (χ4v) is 5.56. The van der Waals surface area contributed by atoms with E-state index in [-0.39, 0.29) is 10.6 Å². The highest BCUT2D eigenvalue weighted by Gasteiger charge is 2.59. The lowest BCUT2D eigenvalue weighted by Gasteiger charge is -2.47. The second-order valence-corrected chi connectivity index (χ2v) is 9.44. The summed E-state index contributed by atoms with van der Waals surface area (Å²) in [5, 5.41) is 14.1. The topological polar surface area (TPSA) is 55.6 Å². The van der Waals surface area contributed by atoms with Crippen LogP contribution in [0.25, 0.3) is 16.8 Å². The molecule has 1 spiro atoms. The lowest BCUT2D eigenvalue weighted by molar-refractivity contribution is -0.385. The number of benzene rings is 4. The smallest absolute Gasteiger partial charge is 0.274 e. The van der Waals surface area contributed by atoms with Crippen LogP contribution in [0.15, 0.2) is 91.0 Å². The molecule has 0 fully saturated rings. The van der Waals surface area contributed by atoms with Crippen LogP contribution in [0.2, 0.25) is 0 Å². The van der Waals surface area contributed by atoms with Gasteiger partial charge in [-0.25, -0.2) is 0 Å². The summed E-state index contributed by atoms with van der Waals surface area (Å²) in [6.07, 6.45) is 4.29. The lowest BCUT2D eigenvalue weighted by atomic mass is 9.76. The predicted octanol–water partition coefficient (Wildman–Crippen LogP) is 6.85. The van der Waals surface area contributed by atoms with Gasteiger partial charge in [-0.2, -0.15) is 0 Å². The van der Waals surface area contributed by atoms with Crippen LogP contribution < -0.4 is 9.64 Å². The average molecular weight is 449 g/mol. The molecule has 0 aromatic heterocycles. The number of anilines is 1. The zero-order valence-corrected chi connectivity index (χ0v) is 19.1. The van der Waals surface area contributed by atoms with Gasteiger partial charge in [-0.15, -0.1) is 0 Å². The number of ether oxygens (including phenoxy) is 1. The SMILES string of the molecule is CC1(C)c2ccccc2N(Cc2ccccc2[N+](=O)[O-])C12C=Cc1c(ccc3ccccc13)O2. The van der Waals surface area contributed by atoms with E-state index in [0.29, 0.717) is 12.1 Å². The lowest BCUT2D eigenvalue weighted by Crippen LogP contribution is -2.59. The first-order valence-electron chi connectivity index (χ1n) is 11.4. The van der Waals surface area contributed by atoms with Gasteiger partial charge >= 0.3 is 0 Å². The van der Waals surface area contributed by atoms with Crippen LogP contribution in [0, 0.1) is 10.1 Å². The van der Waals surface area contributed by atoms with E-state index < -0.39 is 11.1 Å². The van der Waals surface area contributed by atoms with Crippen molar-refractivity contribution in [1.29, 1.82) is 0 Å². The molecule has 1 unspecified atom stereocenters. The molecular weight excluding hydrogens is 424 g/mol. The molecule has 0 saturated carbocycles. The summed E-state index contributed by atoms with van der Waals surface area (Å²) >= 11 is 0. The van der Waals surface area contributed by atoms with E-state index in [0.717, 1.165) is 33.3 Å². The first-order chi connectivity index (χ1) is 16.4. The Hall–Kier alpha value is -4.12. The monoisotopic (exact) mass is 448 g/mol. The number of rotatable bonds is 3. The molecule has 0 aliphatic carbocycles. The molecule has 2 aliphatic rings. The Labute approximate surface area is 198 Å². The van der Waals surface area contributed by atoms with Crippen LogP contribution in [0.3, 0.4) is 0 Å². The van der Waals surface area contributed by atoms with Crippen molar-refractivity contribution in [3.63, 3.8) is 0 Å². The summed E-state index contributed by atoms with van der Waals surface area (Å²) < 4.78 is 6.94. The van der Waals surface area contributed by atoms with Crippen LogP contribution >= 0.6 is 0 Å². The van der Waals surface area contributed by atoms with E-state index in [4.69, 9.17) is 4.74 Å². The Bertz CT molecular complexity index is 1490. The van der Waals surface area contributed by atoms with Gasteiger partial charge in [0.05, 0.1) is 16.9 Å². The molecular formula is C29H24N2O3. The summed E-state index contributed by atoms with van der Waals surface area (Å²) in [7, 11) is 0. The molecule has 168 valence electrons. The number of hydrogen-bond donors (Lipinski definition) is 0. The third kappa shape index (κ3) is 2.73. The number of nitro groups is 1. The van der Waals surface area contributed by atoms with E-state index in [2.05, 4.69) is 61.2 Å². The van der Waals surface area contributed by atoms with Crippen molar-refractivity contribution in [3.8, 4) is 5.75 Å². The highest BCUT2D eigenvalue weighted by atomic mass is 16.6. The molecule has 34 heavy (non-hydrogen) atoms. The molecule has 5 heteroatoms. The molecule has 0 N–H and O–H groups in total.